The first-order chi connectivity index (χ1) is 11.1. The molecule has 122 valence electrons. The molecule has 0 amide bonds. The molecule has 0 saturated carbocycles. The maximum absolute atomic E-state index is 12.6. The fraction of sp³-hybridized carbons (Fsp3) is 0.500. The number of ketones is 1. The van der Waals surface area contributed by atoms with E-state index in [4.69, 9.17) is 0 Å². The van der Waals surface area contributed by atoms with Crippen molar-refractivity contribution >= 4 is 5.78 Å². The Kier molecular flexibility index (Phi) is 4.86. The van der Waals surface area contributed by atoms with Gasteiger partial charge in [-0.3, -0.25) is 14.9 Å². The third-order valence-electron chi connectivity index (χ3n) is 4.75. The van der Waals surface area contributed by atoms with Crippen LogP contribution in [0.3, 0.4) is 0 Å². The molecule has 2 aromatic rings. The highest BCUT2D eigenvalue weighted by Crippen LogP contribution is 2.21. The Morgan fingerprint density at radius 1 is 1.39 bits per heavy atom. The van der Waals surface area contributed by atoms with Crippen LogP contribution in [0.25, 0.3) is 0 Å². The molecule has 5 nitrogen and oxygen atoms in total. The van der Waals surface area contributed by atoms with Gasteiger partial charge in [-0.05, 0) is 57.4 Å². The first kappa shape index (κ1) is 15.9. The number of piperidine rings is 1. The van der Waals surface area contributed by atoms with E-state index >= 15 is 0 Å². The second-order valence-electron chi connectivity index (χ2n) is 6.38. The number of Topliss-reactive ketones (excluding diaryl/α,β-unsaturated/α-hetero) is 1. The fourth-order valence-corrected chi connectivity index (χ4v) is 3.40. The number of carbonyl (C=O) groups is 1. The molecule has 1 atom stereocenters. The van der Waals surface area contributed by atoms with Crippen molar-refractivity contribution in [3.8, 4) is 0 Å². The summed E-state index contributed by atoms with van der Waals surface area (Å²) in [6.07, 6.45) is 4.72. The van der Waals surface area contributed by atoms with Gasteiger partial charge in [0.25, 0.3) is 0 Å². The van der Waals surface area contributed by atoms with Gasteiger partial charge in [0.05, 0.1) is 5.69 Å². The quantitative estimate of drug-likeness (QED) is 0.862. The maximum Gasteiger partial charge on any atom is 0.185 e. The second kappa shape index (κ2) is 7.04. The summed E-state index contributed by atoms with van der Waals surface area (Å²) in [5.74, 6) is 0.260. The lowest BCUT2D eigenvalue weighted by Crippen LogP contribution is -2.40. The number of likely N-dealkylation sites (tertiary alicyclic amines) is 1. The average Bonchev–Trinajstić information content (AvgIpc) is 2.91. The minimum absolute atomic E-state index is 0.0743. The number of nitrogens with one attached hydrogen (secondary N) is 1. The molecule has 0 aromatic carbocycles. The number of hydrogen-bond acceptors (Lipinski definition) is 4. The predicted molar refractivity (Wildman–Crippen MR) is 89.5 cm³/mol. The molecule has 0 spiro atoms. The van der Waals surface area contributed by atoms with Crippen LogP contribution < -0.4 is 0 Å². The van der Waals surface area contributed by atoms with Crippen molar-refractivity contribution in [3.63, 3.8) is 0 Å². The largest absolute Gasteiger partial charge is 0.302 e. The number of carbonyl (C=O) groups excluding carboxylic acids is 1. The van der Waals surface area contributed by atoms with Gasteiger partial charge in [-0.25, -0.2) is 0 Å². The first-order valence-corrected chi connectivity index (χ1v) is 8.33. The monoisotopic (exact) mass is 312 g/mol. The van der Waals surface area contributed by atoms with Crippen molar-refractivity contribution in [1.82, 2.24) is 20.1 Å². The maximum atomic E-state index is 12.6. The van der Waals surface area contributed by atoms with E-state index in [0.29, 0.717) is 5.69 Å². The van der Waals surface area contributed by atoms with Gasteiger partial charge in [-0.15, -0.1) is 0 Å². The van der Waals surface area contributed by atoms with Crippen LogP contribution in [0.1, 0.15) is 40.3 Å². The van der Waals surface area contributed by atoms with Crippen LogP contribution in [-0.2, 0) is 6.42 Å². The zero-order chi connectivity index (χ0) is 16.2. The molecular formula is C18H24N4O. The Labute approximate surface area is 137 Å². The molecule has 23 heavy (non-hydrogen) atoms. The number of aryl methyl sites for hydroxylation is 2. The molecule has 0 aliphatic carbocycles. The summed E-state index contributed by atoms with van der Waals surface area (Å²) in [5, 5.41) is 7.30. The van der Waals surface area contributed by atoms with E-state index < -0.39 is 0 Å². The van der Waals surface area contributed by atoms with Gasteiger partial charge in [0, 0.05) is 30.9 Å². The van der Waals surface area contributed by atoms with Crippen molar-refractivity contribution in [2.75, 3.05) is 19.6 Å². The summed E-state index contributed by atoms with van der Waals surface area (Å²) in [4.78, 5) is 19.2. The number of hydrogen-bond donors (Lipinski definition) is 1. The van der Waals surface area contributed by atoms with E-state index in [1.165, 1.54) is 5.56 Å². The lowest BCUT2D eigenvalue weighted by atomic mass is 9.91. The molecule has 0 unspecified atom stereocenters. The summed E-state index contributed by atoms with van der Waals surface area (Å²) in [7, 11) is 0. The van der Waals surface area contributed by atoms with E-state index in [9.17, 15) is 4.79 Å². The molecule has 1 aliphatic heterocycles. The SMILES string of the molecule is Cc1n[nH]c(C)c1CCN1CCC[C@H](C(=O)c2ccccn2)C1. The van der Waals surface area contributed by atoms with Crippen molar-refractivity contribution in [3.05, 3.63) is 47.0 Å². The first-order valence-electron chi connectivity index (χ1n) is 8.33. The lowest BCUT2D eigenvalue weighted by molar-refractivity contribution is 0.0816. The molecular weight excluding hydrogens is 288 g/mol. The zero-order valence-electron chi connectivity index (χ0n) is 13.9. The molecule has 3 heterocycles. The number of pyridine rings is 1. The van der Waals surface area contributed by atoms with E-state index in [2.05, 4.69) is 27.0 Å². The highest BCUT2D eigenvalue weighted by molar-refractivity contribution is 5.96. The van der Waals surface area contributed by atoms with Gasteiger partial charge in [0.2, 0.25) is 0 Å². The molecule has 1 aliphatic rings. The summed E-state index contributed by atoms with van der Waals surface area (Å²) < 4.78 is 0. The highest BCUT2D eigenvalue weighted by atomic mass is 16.1. The number of nitrogens with zero attached hydrogens (tertiary/aromatic N) is 3. The van der Waals surface area contributed by atoms with Crippen LogP contribution in [0.2, 0.25) is 0 Å². The number of H-pyrrole nitrogens is 1. The Bertz CT molecular complexity index is 645. The molecule has 1 saturated heterocycles. The minimum Gasteiger partial charge on any atom is -0.302 e. The summed E-state index contributed by atoms with van der Waals surface area (Å²) in [6.45, 7) is 7.00. The van der Waals surface area contributed by atoms with Crippen LogP contribution in [0.15, 0.2) is 24.4 Å². The third-order valence-corrected chi connectivity index (χ3v) is 4.75. The zero-order valence-corrected chi connectivity index (χ0v) is 13.9. The van der Waals surface area contributed by atoms with Crippen molar-refractivity contribution < 1.29 is 4.79 Å². The van der Waals surface area contributed by atoms with Crippen LogP contribution in [0, 0.1) is 19.8 Å². The van der Waals surface area contributed by atoms with Gasteiger partial charge >= 0.3 is 0 Å². The normalized spacial score (nSPS) is 19.0. The molecule has 0 bridgehead atoms. The standard InChI is InChI=1S/C18H24N4O/c1-13-16(14(2)21-20-13)8-11-22-10-5-6-15(12-22)18(23)17-7-3-4-9-19-17/h3-4,7,9,15H,5-6,8,10-12H2,1-2H3,(H,20,21)/t15-/m0/s1. The van der Waals surface area contributed by atoms with Gasteiger partial charge in [-0.1, -0.05) is 6.07 Å². The van der Waals surface area contributed by atoms with Gasteiger partial charge < -0.3 is 4.90 Å². The summed E-state index contributed by atoms with van der Waals surface area (Å²) in [5.41, 5.74) is 4.14. The van der Waals surface area contributed by atoms with Crippen LogP contribution >= 0.6 is 0 Å². The van der Waals surface area contributed by atoms with Gasteiger partial charge in [0.15, 0.2) is 5.78 Å². The molecule has 0 radical (unpaired) electrons. The predicted octanol–water partition coefficient (Wildman–Crippen LogP) is 2.56. The molecule has 1 fully saturated rings. The van der Waals surface area contributed by atoms with Crippen molar-refractivity contribution in [1.29, 1.82) is 0 Å². The topological polar surface area (TPSA) is 61.9 Å². The Hall–Kier alpha value is -2.01. The molecule has 2 aromatic heterocycles. The fourth-order valence-electron chi connectivity index (χ4n) is 3.40. The average molecular weight is 312 g/mol. The smallest absolute Gasteiger partial charge is 0.185 e. The highest BCUT2D eigenvalue weighted by Gasteiger charge is 2.27. The van der Waals surface area contributed by atoms with E-state index in [1.54, 1.807) is 6.20 Å². The van der Waals surface area contributed by atoms with Crippen molar-refractivity contribution in [2.45, 2.75) is 33.1 Å². The van der Waals surface area contributed by atoms with Crippen LogP contribution in [-0.4, -0.2) is 45.5 Å². The molecule has 5 heteroatoms. The van der Waals surface area contributed by atoms with E-state index in [1.807, 2.05) is 25.1 Å². The second-order valence-corrected chi connectivity index (χ2v) is 6.38. The van der Waals surface area contributed by atoms with Crippen LogP contribution in [0.5, 0.6) is 0 Å². The Morgan fingerprint density at radius 3 is 2.96 bits per heavy atom. The Morgan fingerprint density at radius 2 is 2.26 bits per heavy atom. The Balaban J connectivity index is 1.59. The minimum atomic E-state index is 0.0743. The molecule has 1 N–H and O–H groups in total. The van der Waals surface area contributed by atoms with Crippen LogP contribution in [0.4, 0.5) is 0 Å². The number of aromatic amines is 1. The summed E-state index contributed by atoms with van der Waals surface area (Å²) in [6, 6.07) is 5.55. The van der Waals surface area contributed by atoms with Gasteiger partial charge in [0.1, 0.15) is 5.69 Å². The number of aromatic nitrogens is 3. The van der Waals surface area contributed by atoms with E-state index in [-0.39, 0.29) is 11.7 Å². The summed E-state index contributed by atoms with van der Waals surface area (Å²) >= 11 is 0. The van der Waals surface area contributed by atoms with Gasteiger partial charge in [-0.2, -0.15) is 5.10 Å². The number of rotatable bonds is 5. The lowest BCUT2D eigenvalue weighted by Gasteiger charge is -2.31. The van der Waals surface area contributed by atoms with Crippen molar-refractivity contribution in [2.24, 2.45) is 5.92 Å². The van der Waals surface area contributed by atoms with E-state index in [0.717, 1.165) is 50.3 Å². The molecule has 3 rings (SSSR count). The third kappa shape index (κ3) is 3.67.